The minimum atomic E-state index is -1.36. The number of ether oxygens (including phenoxy) is 1. The van der Waals surface area contributed by atoms with Crippen LogP contribution in [0.25, 0.3) is 0 Å². The van der Waals surface area contributed by atoms with Crippen LogP contribution in [0.15, 0.2) is 4.36 Å². The summed E-state index contributed by atoms with van der Waals surface area (Å²) >= 11 is 0. The second-order valence-corrected chi connectivity index (χ2v) is 3.44. The van der Waals surface area contributed by atoms with Gasteiger partial charge in [-0.1, -0.05) is 12.7 Å². The maximum atomic E-state index is 11.0. The van der Waals surface area contributed by atoms with Gasteiger partial charge in [-0.3, -0.25) is 4.79 Å². The van der Waals surface area contributed by atoms with Gasteiger partial charge in [-0.25, -0.2) is 0 Å². The summed E-state index contributed by atoms with van der Waals surface area (Å²) in [6.07, 6.45) is 0.986. The molecule has 0 heterocycles. The summed E-state index contributed by atoms with van der Waals surface area (Å²) in [5.74, 6) is 0.102. The van der Waals surface area contributed by atoms with Crippen LogP contribution in [0.5, 0.6) is 0 Å². The molecule has 72 valence electrons. The smallest absolute Gasteiger partial charge is 0.222 e. The van der Waals surface area contributed by atoms with Gasteiger partial charge in [-0.05, 0) is 6.42 Å². The van der Waals surface area contributed by atoms with Crippen LogP contribution in [0.3, 0.4) is 0 Å². The molecular weight excluding hydrogens is 178 g/mol. The van der Waals surface area contributed by atoms with Gasteiger partial charge >= 0.3 is 0 Å². The van der Waals surface area contributed by atoms with Crippen molar-refractivity contribution in [2.45, 2.75) is 19.8 Å². The first kappa shape index (κ1) is 11.6. The average molecular weight is 192 g/mol. The zero-order valence-electron chi connectivity index (χ0n) is 7.41. The van der Waals surface area contributed by atoms with E-state index in [0.717, 1.165) is 0 Å². The molecule has 0 aromatic carbocycles. The summed E-state index contributed by atoms with van der Waals surface area (Å²) in [5, 5.41) is 0. The van der Waals surface area contributed by atoms with E-state index in [1.807, 2.05) is 0 Å². The molecule has 0 fully saturated rings. The largest absolute Gasteiger partial charge is 0.444 e. The molecule has 1 amide bonds. The van der Waals surface area contributed by atoms with Gasteiger partial charge in [0.25, 0.3) is 0 Å². The van der Waals surface area contributed by atoms with Crippen LogP contribution in [0.2, 0.25) is 0 Å². The molecular formula is C7H14NO3S-. The summed E-state index contributed by atoms with van der Waals surface area (Å²) in [7, 11) is 0.225. The predicted octanol–water partition coefficient (Wildman–Crippen LogP) is 1.11. The molecule has 0 saturated heterocycles. The minimum Gasteiger partial charge on any atom is -0.444 e. The highest BCUT2D eigenvalue weighted by Crippen LogP contribution is 1.88. The van der Waals surface area contributed by atoms with Gasteiger partial charge in [0, 0.05) is 20.1 Å². The normalized spacial score (nSPS) is 13.2. The van der Waals surface area contributed by atoms with Crippen LogP contribution >= 0.6 is 0 Å². The molecule has 0 aliphatic heterocycles. The lowest BCUT2D eigenvalue weighted by Crippen LogP contribution is -1.97. The fraction of sp³-hybridized carbons (Fsp3) is 0.857. The molecule has 0 unspecified atom stereocenters. The molecule has 0 aliphatic carbocycles. The van der Waals surface area contributed by atoms with E-state index in [4.69, 9.17) is 4.74 Å². The lowest BCUT2D eigenvalue weighted by Gasteiger charge is -2.01. The Bertz CT molecular complexity index is 209. The van der Waals surface area contributed by atoms with E-state index in [2.05, 4.69) is 4.36 Å². The van der Waals surface area contributed by atoms with Crippen molar-refractivity contribution in [2.24, 2.45) is 4.36 Å². The van der Waals surface area contributed by atoms with Crippen LogP contribution in [0, 0.1) is 0 Å². The Labute approximate surface area is 74.5 Å². The summed E-state index contributed by atoms with van der Waals surface area (Å²) in [6, 6.07) is 0. The molecule has 0 spiro atoms. The van der Waals surface area contributed by atoms with Crippen molar-refractivity contribution in [3.05, 3.63) is 0 Å². The third-order valence-electron chi connectivity index (χ3n) is 1.17. The Morgan fingerprint density at radius 1 is 1.58 bits per heavy atom. The fourth-order valence-corrected chi connectivity index (χ4v) is 1.36. The molecule has 0 radical (unpaired) electrons. The lowest BCUT2D eigenvalue weighted by atomic mass is 10.5. The quantitative estimate of drug-likeness (QED) is 0.484. The monoisotopic (exact) mass is 192 g/mol. The van der Waals surface area contributed by atoms with Crippen LogP contribution < -0.4 is 0 Å². The van der Waals surface area contributed by atoms with Crippen LogP contribution in [0.4, 0.5) is 0 Å². The molecule has 4 nitrogen and oxygen atoms in total. The highest BCUT2D eigenvalue weighted by Gasteiger charge is 1.86. The Morgan fingerprint density at radius 3 is 2.75 bits per heavy atom. The number of rotatable bonds is 5. The first-order valence-corrected chi connectivity index (χ1v) is 5.10. The summed E-state index contributed by atoms with van der Waals surface area (Å²) in [5.41, 5.74) is 0. The number of amides is 1. The molecule has 0 aliphatic rings. The van der Waals surface area contributed by atoms with E-state index in [1.54, 1.807) is 14.0 Å². The van der Waals surface area contributed by atoms with E-state index in [1.165, 1.54) is 0 Å². The van der Waals surface area contributed by atoms with E-state index in [9.17, 15) is 9.00 Å². The average Bonchev–Trinajstić information content (AvgIpc) is 2.05. The zero-order chi connectivity index (χ0) is 9.40. The SMILES string of the molecule is CCC(=O)N=[S-](=O)CCCOC. The van der Waals surface area contributed by atoms with E-state index in [0.29, 0.717) is 25.2 Å². The number of hydrogen-bond acceptors (Lipinski definition) is 4. The van der Waals surface area contributed by atoms with Gasteiger partial charge < -0.3 is 13.3 Å². The molecule has 12 heavy (non-hydrogen) atoms. The van der Waals surface area contributed by atoms with Crippen LogP contribution in [0.1, 0.15) is 19.8 Å². The molecule has 5 heteroatoms. The molecule has 0 bridgehead atoms. The lowest BCUT2D eigenvalue weighted by molar-refractivity contribution is -0.117. The van der Waals surface area contributed by atoms with Gasteiger partial charge in [-0.2, -0.15) is 10.6 Å². The maximum absolute atomic E-state index is 11.0. The van der Waals surface area contributed by atoms with Gasteiger partial charge in [0.05, 0.1) is 0 Å². The second-order valence-electron chi connectivity index (χ2n) is 2.21. The van der Waals surface area contributed by atoms with Crippen molar-refractivity contribution in [1.82, 2.24) is 0 Å². The highest BCUT2D eigenvalue weighted by molar-refractivity contribution is 7.75. The van der Waals surface area contributed by atoms with Crippen LogP contribution in [-0.2, 0) is 24.3 Å². The standard InChI is InChI=1S/C7H14NO3S/c1-3-7(9)8-12(10)6-4-5-11-2/h3-6H2,1-2H3/q-1. The predicted molar refractivity (Wildman–Crippen MR) is 47.1 cm³/mol. The number of carbonyl (C=O) groups is 1. The Kier molecular flexibility index (Phi) is 6.99. The summed E-state index contributed by atoms with van der Waals surface area (Å²) in [6.45, 7) is 2.25. The van der Waals surface area contributed by atoms with E-state index in [-0.39, 0.29) is 5.91 Å². The van der Waals surface area contributed by atoms with Crippen LogP contribution in [-0.4, -0.2) is 25.4 Å². The van der Waals surface area contributed by atoms with Crippen molar-refractivity contribution in [3.63, 3.8) is 0 Å². The minimum absolute atomic E-state index is 0.300. The van der Waals surface area contributed by atoms with Gasteiger partial charge in [0.2, 0.25) is 5.91 Å². The van der Waals surface area contributed by atoms with Crippen molar-refractivity contribution in [1.29, 1.82) is 0 Å². The number of hydrogen-bond donors (Lipinski definition) is 0. The van der Waals surface area contributed by atoms with Gasteiger partial charge in [-0.15, -0.1) is 0 Å². The molecule has 0 rings (SSSR count). The second kappa shape index (κ2) is 7.24. The number of carbonyl (C=O) groups excluding carboxylic acids is 1. The Hall–Kier alpha value is -0.420. The summed E-state index contributed by atoms with van der Waals surface area (Å²) in [4.78, 5) is 10.7. The number of nitrogens with zero attached hydrogens (tertiary/aromatic N) is 1. The topological polar surface area (TPSA) is 55.7 Å². The zero-order valence-corrected chi connectivity index (χ0v) is 8.23. The first-order valence-electron chi connectivity index (χ1n) is 3.82. The molecule has 0 atom stereocenters. The summed E-state index contributed by atoms with van der Waals surface area (Å²) < 4.78 is 19.2. The third kappa shape index (κ3) is 6.30. The molecule has 0 N–H and O–H groups in total. The number of methoxy groups -OCH3 is 1. The van der Waals surface area contributed by atoms with E-state index < -0.39 is 10.6 Å². The van der Waals surface area contributed by atoms with Crippen molar-refractivity contribution < 1.29 is 13.7 Å². The van der Waals surface area contributed by atoms with Gasteiger partial charge in [0.1, 0.15) is 0 Å². The molecule has 0 aromatic heterocycles. The molecule has 0 aromatic rings. The van der Waals surface area contributed by atoms with Crippen molar-refractivity contribution in [2.75, 3.05) is 19.5 Å². The van der Waals surface area contributed by atoms with Crippen molar-refractivity contribution in [3.8, 4) is 0 Å². The third-order valence-corrected chi connectivity index (χ3v) is 2.22. The fourth-order valence-electron chi connectivity index (χ4n) is 0.550. The van der Waals surface area contributed by atoms with Crippen molar-refractivity contribution >= 4 is 16.5 Å². The Morgan fingerprint density at radius 2 is 2.25 bits per heavy atom. The molecule has 0 saturated carbocycles. The first-order chi connectivity index (χ1) is 5.70. The maximum Gasteiger partial charge on any atom is 0.222 e. The van der Waals surface area contributed by atoms with Gasteiger partial charge in [0.15, 0.2) is 0 Å². The highest BCUT2D eigenvalue weighted by atomic mass is 32.2. The van der Waals surface area contributed by atoms with E-state index >= 15 is 0 Å². The Balaban J connectivity index is 3.71.